The SMILES string of the molecule is NC(C(=O)Nc1cc(F)c(F)cc1F)c1cccs1. The zero-order valence-electron chi connectivity index (χ0n) is 9.49. The van der Waals surface area contributed by atoms with Gasteiger partial charge in [0.05, 0.1) is 5.69 Å². The number of carbonyl (C=O) groups excluding carboxylic acids is 1. The van der Waals surface area contributed by atoms with Gasteiger partial charge in [-0.25, -0.2) is 13.2 Å². The van der Waals surface area contributed by atoms with Crippen molar-refractivity contribution < 1.29 is 18.0 Å². The van der Waals surface area contributed by atoms with E-state index in [0.717, 1.165) is 0 Å². The number of nitrogens with two attached hydrogens (primary N) is 1. The maximum atomic E-state index is 13.3. The highest BCUT2D eigenvalue weighted by molar-refractivity contribution is 7.10. The molecule has 1 atom stereocenters. The Kier molecular flexibility index (Phi) is 3.87. The molecule has 3 nitrogen and oxygen atoms in total. The number of halogens is 3. The monoisotopic (exact) mass is 286 g/mol. The van der Waals surface area contributed by atoms with E-state index in [-0.39, 0.29) is 0 Å². The molecule has 0 fully saturated rings. The third kappa shape index (κ3) is 2.94. The summed E-state index contributed by atoms with van der Waals surface area (Å²) >= 11 is 1.27. The van der Waals surface area contributed by atoms with Gasteiger partial charge in [0.1, 0.15) is 11.9 Å². The van der Waals surface area contributed by atoms with Crippen molar-refractivity contribution in [3.63, 3.8) is 0 Å². The highest BCUT2D eigenvalue weighted by atomic mass is 32.1. The molecule has 19 heavy (non-hydrogen) atoms. The van der Waals surface area contributed by atoms with Crippen LogP contribution in [0.3, 0.4) is 0 Å². The Balaban J connectivity index is 2.17. The van der Waals surface area contributed by atoms with Crippen molar-refractivity contribution in [3.8, 4) is 0 Å². The van der Waals surface area contributed by atoms with Gasteiger partial charge in [-0.2, -0.15) is 0 Å². The number of thiophene rings is 1. The van der Waals surface area contributed by atoms with E-state index in [4.69, 9.17) is 5.73 Å². The van der Waals surface area contributed by atoms with E-state index in [1.807, 2.05) is 0 Å². The van der Waals surface area contributed by atoms with Crippen LogP contribution >= 0.6 is 11.3 Å². The van der Waals surface area contributed by atoms with Crippen LogP contribution < -0.4 is 11.1 Å². The first-order valence-electron chi connectivity index (χ1n) is 5.23. The lowest BCUT2D eigenvalue weighted by Gasteiger charge is -2.11. The summed E-state index contributed by atoms with van der Waals surface area (Å²) in [7, 11) is 0. The Labute approximate surface area is 110 Å². The van der Waals surface area contributed by atoms with Gasteiger partial charge in [-0.15, -0.1) is 11.3 Å². The second-order valence-electron chi connectivity index (χ2n) is 3.73. The predicted octanol–water partition coefficient (Wildman–Crippen LogP) is 2.80. The molecule has 0 aliphatic carbocycles. The van der Waals surface area contributed by atoms with Gasteiger partial charge >= 0.3 is 0 Å². The molecule has 0 radical (unpaired) electrons. The number of amides is 1. The molecule has 1 aromatic carbocycles. The molecule has 2 rings (SSSR count). The first-order chi connectivity index (χ1) is 8.99. The second kappa shape index (κ2) is 5.41. The molecule has 0 aliphatic heterocycles. The minimum Gasteiger partial charge on any atom is -0.322 e. The smallest absolute Gasteiger partial charge is 0.246 e. The number of benzene rings is 1. The van der Waals surface area contributed by atoms with Gasteiger partial charge in [-0.1, -0.05) is 6.07 Å². The van der Waals surface area contributed by atoms with Gasteiger partial charge in [0.2, 0.25) is 5.91 Å². The maximum Gasteiger partial charge on any atom is 0.246 e. The molecule has 1 aromatic heterocycles. The quantitative estimate of drug-likeness (QED) is 0.852. The third-order valence-electron chi connectivity index (χ3n) is 2.40. The van der Waals surface area contributed by atoms with E-state index >= 15 is 0 Å². The van der Waals surface area contributed by atoms with Crippen molar-refractivity contribution in [2.45, 2.75) is 6.04 Å². The highest BCUT2D eigenvalue weighted by Crippen LogP contribution is 2.22. The second-order valence-corrected chi connectivity index (χ2v) is 4.71. The van der Waals surface area contributed by atoms with E-state index in [2.05, 4.69) is 5.32 Å². The molecule has 0 bridgehead atoms. The summed E-state index contributed by atoms with van der Waals surface area (Å²) in [5, 5.41) is 3.86. The van der Waals surface area contributed by atoms with Gasteiger partial charge in [-0.05, 0) is 11.4 Å². The summed E-state index contributed by atoms with van der Waals surface area (Å²) in [6.45, 7) is 0. The molecule has 100 valence electrons. The Bertz CT molecular complexity index is 601. The van der Waals surface area contributed by atoms with Gasteiger partial charge in [0.15, 0.2) is 11.6 Å². The number of anilines is 1. The van der Waals surface area contributed by atoms with Crippen LogP contribution in [0.1, 0.15) is 10.9 Å². The summed E-state index contributed by atoms with van der Waals surface area (Å²) in [6.07, 6.45) is 0. The number of rotatable bonds is 3. The molecule has 3 N–H and O–H groups in total. The average Bonchev–Trinajstić information content (AvgIpc) is 2.88. The zero-order chi connectivity index (χ0) is 14.0. The first-order valence-corrected chi connectivity index (χ1v) is 6.11. The number of carbonyl (C=O) groups is 1. The summed E-state index contributed by atoms with van der Waals surface area (Å²) in [4.78, 5) is 12.3. The lowest BCUT2D eigenvalue weighted by atomic mass is 10.2. The fraction of sp³-hybridized carbons (Fsp3) is 0.0833. The van der Waals surface area contributed by atoms with Crippen molar-refractivity contribution in [1.29, 1.82) is 0 Å². The lowest BCUT2D eigenvalue weighted by molar-refractivity contribution is -0.117. The molecule has 2 aromatic rings. The van der Waals surface area contributed by atoms with Crippen LogP contribution in [0.25, 0.3) is 0 Å². The fourth-order valence-electron chi connectivity index (χ4n) is 1.43. The molecule has 1 heterocycles. The van der Waals surface area contributed by atoms with Crippen molar-refractivity contribution in [2.24, 2.45) is 5.73 Å². The zero-order valence-corrected chi connectivity index (χ0v) is 10.3. The molecule has 1 amide bonds. The molecular formula is C12H9F3N2OS. The van der Waals surface area contributed by atoms with Crippen molar-refractivity contribution >= 4 is 22.9 Å². The Morgan fingerprint density at radius 1 is 1.21 bits per heavy atom. The molecular weight excluding hydrogens is 277 g/mol. The van der Waals surface area contributed by atoms with Crippen LogP contribution in [0.15, 0.2) is 29.6 Å². The van der Waals surface area contributed by atoms with E-state index < -0.39 is 35.1 Å². The molecule has 7 heteroatoms. The maximum absolute atomic E-state index is 13.3. The minimum atomic E-state index is -1.32. The highest BCUT2D eigenvalue weighted by Gasteiger charge is 2.19. The number of hydrogen-bond donors (Lipinski definition) is 2. The summed E-state index contributed by atoms with van der Waals surface area (Å²) in [6, 6.07) is 3.31. The topological polar surface area (TPSA) is 55.1 Å². The summed E-state index contributed by atoms with van der Waals surface area (Å²) in [5.74, 6) is -4.34. The normalized spacial score (nSPS) is 12.2. The Morgan fingerprint density at radius 3 is 2.53 bits per heavy atom. The van der Waals surface area contributed by atoms with Crippen molar-refractivity contribution in [3.05, 3.63) is 52.0 Å². The lowest BCUT2D eigenvalue weighted by Crippen LogP contribution is -2.27. The van der Waals surface area contributed by atoms with E-state index in [1.165, 1.54) is 11.3 Å². The first kappa shape index (κ1) is 13.6. The largest absolute Gasteiger partial charge is 0.322 e. The van der Waals surface area contributed by atoms with E-state index in [1.54, 1.807) is 17.5 Å². The minimum absolute atomic E-state index is 0.363. The number of nitrogens with one attached hydrogen (secondary N) is 1. The standard InChI is InChI=1S/C12H9F3N2OS/c13-6-4-8(15)9(5-7(6)14)17-12(18)11(16)10-2-1-3-19-10/h1-5,11H,16H2,(H,17,18). The summed E-state index contributed by atoms with van der Waals surface area (Å²) in [5.41, 5.74) is 5.21. The van der Waals surface area contributed by atoms with Crippen molar-refractivity contribution in [2.75, 3.05) is 5.32 Å². The van der Waals surface area contributed by atoms with Crippen LogP contribution in [-0.2, 0) is 4.79 Å². The van der Waals surface area contributed by atoms with Crippen LogP contribution in [0, 0.1) is 17.5 Å². The Hall–Kier alpha value is -1.86. The van der Waals surface area contributed by atoms with Gasteiger partial charge in [0, 0.05) is 17.0 Å². The molecule has 0 spiro atoms. The van der Waals surface area contributed by atoms with E-state index in [9.17, 15) is 18.0 Å². The fourth-order valence-corrected chi connectivity index (χ4v) is 2.15. The van der Waals surface area contributed by atoms with Crippen molar-refractivity contribution in [1.82, 2.24) is 0 Å². The van der Waals surface area contributed by atoms with Gasteiger partial charge in [-0.3, -0.25) is 4.79 Å². The van der Waals surface area contributed by atoms with E-state index in [0.29, 0.717) is 17.0 Å². The van der Waals surface area contributed by atoms with Crippen LogP contribution in [0.2, 0.25) is 0 Å². The average molecular weight is 286 g/mol. The Morgan fingerprint density at radius 2 is 1.89 bits per heavy atom. The van der Waals surface area contributed by atoms with Crippen LogP contribution in [0.4, 0.5) is 18.9 Å². The molecule has 0 saturated carbocycles. The molecule has 0 saturated heterocycles. The van der Waals surface area contributed by atoms with Gasteiger partial charge in [0.25, 0.3) is 0 Å². The summed E-state index contributed by atoms with van der Waals surface area (Å²) < 4.78 is 39.0. The predicted molar refractivity (Wildman–Crippen MR) is 66.2 cm³/mol. The molecule has 0 aliphatic rings. The van der Waals surface area contributed by atoms with Crippen LogP contribution in [-0.4, -0.2) is 5.91 Å². The van der Waals surface area contributed by atoms with Crippen LogP contribution in [0.5, 0.6) is 0 Å². The van der Waals surface area contributed by atoms with Gasteiger partial charge < -0.3 is 11.1 Å². The third-order valence-corrected chi connectivity index (χ3v) is 3.36. The molecule has 1 unspecified atom stereocenters. The number of hydrogen-bond acceptors (Lipinski definition) is 3.